The maximum absolute atomic E-state index is 12.0. The fraction of sp³-hybridized carbons (Fsp3) is 0.278. The number of para-hydroxylation sites is 1. The molecule has 1 aliphatic heterocycles. The van der Waals surface area contributed by atoms with E-state index in [2.05, 4.69) is 16.2 Å². The van der Waals surface area contributed by atoms with Gasteiger partial charge < -0.3 is 10.5 Å². The number of hydrogen-bond donors (Lipinski definition) is 1. The summed E-state index contributed by atoms with van der Waals surface area (Å²) in [5.41, 5.74) is 5.86. The Balaban J connectivity index is 1.44. The first-order chi connectivity index (χ1) is 13.6. The molecule has 0 aliphatic carbocycles. The van der Waals surface area contributed by atoms with Gasteiger partial charge in [-0.15, -0.1) is 4.52 Å². The molecule has 4 rings (SSSR count). The van der Waals surface area contributed by atoms with E-state index in [9.17, 15) is 9.83 Å². The van der Waals surface area contributed by atoms with E-state index in [1.807, 2.05) is 6.07 Å². The van der Waals surface area contributed by atoms with Gasteiger partial charge in [-0.25, -0.2) is 14.0 Å². The normalized spacial score (nSPS) is 22.1. The Morgan fingerprint density at radius 1 is 1.36 bits per heavy atom. The molecule has 0 radical (unpaired) electrons. The van der Waals surface area contributed by atoms with Crippen LogP contribution in [0.15, 0.2) is 48.8 Å². The molecule has 0 saturated carbocycles. The number of nitrogen functional groups attached to an aromatic ring is 1. The Kier molecular flexibility index (Phi) is 4.92. The number of nitrogens with two attached hydrogens (primary N) is 1. The summed E-state index contributed by atoms with van der Waals surface area (Å²) >= 11 is 0. The van der Waals surface area contributed by atoms with E-state index >= 15 is 0 Å². The molecule has 0 amide bonds. The van der Waals surface area contributed by atoms with Gasteiger partial charge in [-0.05, 0) is 37.1 Å². The lowest BCUT2D eigenvalue weighted by Crippen LogP contribution is -2.28. The molecule has 0 bridgehead atoms. The molecule has 1 fully saturated rings. The fourth-order valence-electron chi connectivity index (χ4n) is 3.21. The molecule has 1 aliphatic rings. The second kappa shape index (κ2) is 7.52. The predicted octanol–water partition coefficient (Wildman–Crippen LogP) is 2.96. The first-order valence-electron chi connectivity index (χ1n) is 8.62. The van der Waals surface area contributed by atoms with Gasteiger partial charge in [0.15, 0.2) is 17.2 Å². The zero-order valence-electron chi connectivity index (χ0n) is 14.8. The van der Waals surface area contributed by atoms with Gasteiger partial charge in [0.1, 0.15) is 24.5 Å². The zero-order valence-corrected chi connectivity index (χ0v) is 15.7. The highest BCUT2D eigenvalue weighted by Gasteiger charge is 2.45. The molecule has 1 saturated heterocycles. The van der Waals surface area contributed by atoms with E-state index in [0.717, 1.165) is 0 Å². The van der Waals surface area contributed by atoms with Crippen LogP contribution < -0.4 is 10.3 Å². The Hall–Kier alpha value is -3.05. The number of hydrogen-bond acceptors (Lipinski definition) is 8. The van der Waals surface area contributed by atoms with Gasteiger partial charge in [-0.1, -0.05) is 18.2 Å². The van der Waals surface area contributed by atoms with E-state index in [4.69, 9.17) is 19.5 Å². The highest BCUT2D eigenvalue weighted by Crippen LogP contribution is 2.40. The number of anilines is 1. The number of benzene rings is 1. The van der Waals surface area contributed by atoms with Crippen LogP contribution in [0, 0.1) is 11.3 Å². The Morgan fingerprint density at radius 3 is 2.96 bits per heavy atom. The van der Waals surface area contributed by atoms with Crippen molar-refractivity contribution < 1.29 is 18.3 Å². The molecule has 3 heterocycles. The van der Waals surface area contributed by atoms with Crippen LogP contribution in [-0.2, 0) is 19.4 Å². The Labute approximate surface area is 161 Å². The standard InChI is InChI=1S/C18H17N5O4P/c19-11-18(16-7-6-15-17(20)21-12-22-23(15)16)9-8-14(26-18)10-25-28(24)27-13-4-2-1-3-5-13/h1-7,12,14H,8-10H2,(H2,20,21,22)/q+1/t14-,18-/m0/s1. The lowest BCUT2D eigenvalue weighted by atomic mass is 9.98. The van der Waals surface area contributed by atoms with Crippen LogP contribution in [-0.4, -0.2) is 27.3 Å². The Morgan fingerprint density at radius 2 is 2.18 bits per heavy atom. The van der Waals surface area contributed by atoms with Gasteiger partial charge in [0.05, 0.1) is 11.8 Å². The number of nitrogens with zero attached hydrogens (tertiary/aromatic N) is 4. The average Bonchev–Trinajstić information content (AvgIpc) is 3.33. The van der Waals surface area contributed by atoms with E-state index in [1.165, 1.54) is 6.33 Å². The third-order valence-corrected chi connectivity index (χ3v) is 5.27. The van der Waals surface area contributed by atoms with Crippen LogP contribution in [0.1, 0.15) is 18.5 Å². The van der Waals surface area contributed by atoms with Crippen molar-refractivity contribution >= 4 is 19.6 Å². The molecule has 1 aromatic carbocycles. The summed E-state index contributed by atoms with van der Waals surface area (Å²) < 4.78 is 30.1. The second-order valence-electron chi connectivity index (χ2n) is 6.30. The molecule has 9 nitrogen and oxygen atoms in total. The van der Waals surface area contributed by atoms with E-state index < -0.39 is 20.0 Å². The molecule has 10 heteroatoms. The van der Waals surface area contributed by atoms with Crippen molar-refractivity contribution in [2.45, 2.75) is 24.5 Å². The van der Waals surface area contributed by atoms with E-state index in [-0.39, 0.29) is 6.61 Å². The molecule has 1 unspecified atom stereocenters. The number of ether oxygens (including phenoxy) is 1. The molecule has 2 aromatic heterocycles. The maximum Gasteiger partial charge on any atom is 0.750 e. The molecule has 0 spiro atoms. The fourth-order valence-corrected chi connectivity index (χ4v) is 3.84. The van der Waals surface area contributed by atoms with Gasteiger partial charge in [0.2, 0.25) is 0 Å². The monoisotopic (exact) mass is 398 g/mol. The van der Waals surface area contributed by atoms with Crippen molar-refractivity contribution in [2.24, 2.45) is 0 Å². The molecule has 3 aromatic rings. The minimum Gasteiger partial charge on any atom is -0.382 e. The van der Waals surface area contributed by atoms with Crippen molar-refractivity contribution in [1.29, 1.82) is 5.26 Å². The summed E-state index contributed by atoms with van der Waals surface area (Å²) in [5, 5.41) is 14.0. The number of fused-ring (bicyclic) bond motifs is 1. The molecular weight excluding hydrogens is 381 g/mol. The molecular formula is C18H17N5O4P+. The average molecular weight is 398 g/mol. The van der Waals surface area contributed by atoms with Gasteiger partial charge in [-0.3, -0.25) is 0 Å². The summed E-state index contributed by atoms with van der Waals surface area (Å²) in [6.07, 6.45) is 1.94. The topological polar surface area (TPSA) is 125 Å². The summed E-state index contributed by atoms with van der Waals surface area (Å²) in [4.78, 5) is 3.95. The van der Waals surface area contributed by atoms with Gasteiger partial charge >= 0.3 is 8.25 Å². The minimum absolute atomic E-state index is 0.0475. The number of rotatable bonds is 6. The van der Waals surface area contributed by atoms with Crippen LogP contribution in [0.3, 0.4) is 0 Å². The summed E-state index contributed by atoms with van der Waals surface area (Å²) in [5.74, 6) is 0.779. The van der Waals surface area contributed by atoms with Crippen molar-refractivity contribution in [3.63, 3.8) is 0 Å². The van der Waals surface area contributed by atoms with Crippen LogP contribution in [0.4, 0.5) is 5.82 Å². The third kappa shape index (κ3) is 3.41. The largest absolute Gasteiger partial charge is 0.750 e. The van der Waals surface area contributed by atoms with Gasteiger partial charge in [0.25, 0.3) is 0 Å². The van der Waals surface area contributed by atoms with Crippen molar-refractivity contribution in [1.82, 2.24) is 14.6 Å². The van der Waals surface area contributed by atoms with Crippen LogP contribution >= 0.6 is 8.25 Å². The SMILES string of the molecule is N#C[C@]1(c2ccc3c(N)ncnn23)CC[C@@H](CO[P+](=O)Oc2ccccc2)O1. The Bertz CT molecular complexity index is 1050. The van der Waals surface area contributed by atoms with E-state index in [1.54, 1.807) is 40.9 Å². The van der Waals surface area contributed by atoms with Crippen molar-refractivity contribution in [3.05, 3.63) is 54.5 Å². The predicted molar refractivity (Wildman–Crippen MR) is 99.4 cm³/mol. The first kappa shape index (κ1) is 18.3. The first-order valence-corrected chi connectivity index (χ1v) is 9.72. The summed E-state index contributed by atoms with van der Waals surface area (Å²) in [6, 6.07) is 14.5. The number of aromatic nitrogens is 3. The molecule has 3 atom stereocenters. The lowest BCUT2D eigenvalue weighted by molar-refractivity contribution is -0.0280. The van der Waals surface area contributed by atoms with E-state index in [0.29, 0.717) is 35.6 Å². The van der Waals surface area contributed by atoms with Crippen LogP contribution in [0.5, 0.6) is 5.75 Å². The smallest absolute Gasteiger partial charge is 0.382 e. The van der Waals surface area contributed by atoms with Gasteiger partial charge in [0, 0.05) is 4.57 Å². The van der Waals surface area contributed by atoms with Crippen LogP contribution in [0.2, 0.25) is 0 Å². The summed E-state index contributed by atoms with van der Waals surface area (Å²) in [6.45, 7) is 0.0475. The van der Waals surface area contributed by atoms with Crippen molar-refractivity contribution in [2.75, 3.05) is 12.3 Å². The highest BCUT2D eigenvalue weighted by atomic mass is 31.1. The lowest BCUT2D eigenvalue weighted by Gasteiger charge is -2.21. The molecule has 28 heavy (non-hydrogen) atoms. The van der Waals surface area contributed by atoms with Crippen molar-refractivity contribution in [3.8, 4) is 11.8 Å². The molecule has 2 N–H and O–H groups in total. The highest BCUT2D eigenvalue weighted by molar-refractivity contribution is 7.33. The zero-order chi connectivity index (χ0) is 19.6. The van der Waals surface area contributed by atoms with Crippen LogP contribution in [0.25, 0.3) is 5.52 Å². The number of nitriles is 1. The van der Waals surface area contributed by atoms with Gasteiger partial charge in [-0.2, -0.15) is 10.4 Å². The second-order valence-corrected chi connectivity index (χ2v) is 7.19. The summed E-state index contributed by atoms with van der Waals surface area (Å²) in [7, 11) is -2.34. The maximum atomic E-state index is 12.0. The molecule has 142 valence electrons. The quantitative estimate of drug-likeness (QED) is 0.628. The minimum atomic E-state index is -2.34. The third-order valence-electron chi connectivity index (χ3n) is 4.55.